The number of hydrogen-bond acceptors (Lipinski definition) is 9. The second kappa shape index (κ2) is 13.7. The normalized spacial score (nSPS) is 17.2. The Hall–Kier alpha value is -5.14. The van der Waals surface area contributed by atoms with Crippen molar-refractivity contribution in [3.8, 4) is 16.9 Å². The molecule has 1 fully saturated rings. The number of alkyl halides is 6. The maximum atomic E-state index is 13.8. The fourth-order valence-corrected chi connectivity index (χ4v) is 8.72. The van der Waals surface area contributed by atoms with Gasteiger partial charge in [0.15, 0.2) is 15.7 Å². The Morgan fingerprint density at radius 1 is 0.943 bits per heavy atom. The molecule has 2 amide bonds. The number of nitrogens with zero attached hydrogens (tertiary/aromatic N) is 2. The molecule has 278 valence electrons. The average molecular weight is 783 g/mol. The van der Waals surface area contributed by atoms with E-state index in [0.717, 1.165) is 35.6 Å². The quantitative estimate of drug-likeness (QED) is 0.143. The fourth-order valence-electron chi connectivity index (χ4n) is 5.73. The third-order valence-corrected chi connectivity index (χ3v) is 11.2. The minimum absolute atomic E-state index is 0.0359. The van der Waals surface area contributed by atoms with E-state index in [1.165, 1.54) is 31.6 Å². The van der Waals surface area contributed by atoms with Crippen LogP contribution in [0.15, 0.2) is 67.0 Å². The van der Waals surface area contributed by atoms with E-state index in [9.17, 15) is 53.8 Å². The number of aliphatic hydroxyl groups is 1. The maximum Gasteiger partial charge on any atom is 0.419 e. The Morgan fingerprint density at radius 2 is 1.66 bits per heavy atom. The standard InChI is InChI=1S/C34H25F7N4O6S2/c1-51-25-7-2-17(18-14-42-31(43-15-18)32(48)8-9-53(49,50)16-32)10-22(25)30(47)45-29-21-5-3-19(33(36,37)38)11-26(21)52-27(29)13-28(46)44-20-4-6-24(35)23(12-20)34(39,40)41/h2-7,10-12,14-15,48H,8-9,13,16H2,1H3,(H,44,46)(H,45,47). The van der Waals surface area contributed by atoms with Crippen molar-refractivity contribution in [2.45, 2.75) is 30.8 Å². The molecule has 0 spiro atoms. The number of ether oxygens (including phenoxy) is 1. The number of nitrogens with one attached hydrogen (secondary N) is 2. The number of carbonyl (C=O) groups is 2. The molecular formula is C34H25F7N4O6S2. The first kappa shape index (κ1) is 37.6. The van der Waals surface area contributed by atoms with Crippen LogP contribution in [0.1, 0.15) is 38.6 Å². The van der Waals surface area contributed by atoms with Crippen LogP contribution in [-0.4, -0.2) is 53.9 Å². The second-order valence-electron chi connectivity index (χ2n) is 12.1. The van der Waals surface area contributed by atoms with Gasteiger partial charge in [-0.3, -0.25) is 9.59 Å². The number of fused-ring (bicyclic) bond motifs is 1. The van der Waals surface area contributed by atoms with Gasteiger partial charge in [0.2, 0.25) is 5.91 Å². The van der Waals surface area contributed by atoms with Gasteiger partial charge in [0.25, 0.3) is 5.91 Å². The van der Waals surface area contributed by atoms with Gasteiger partial charge >= 0.3 is 12.4 Å². The van der Waals surface area contributed by atoms with Crippen molar-refractivity contribution < 1.29 is 58.6 Å². The Kier molecular flexibility index (Phi) is 9.71. The zero-order valence-corrected chi connectivity index (χ0v) is 28.7. The molecule has 1 atom stereocenters. The first-order chi connectivity index (χ1) is 24.8. The van der Waals surface area contributed by atoms with E-state index in [1.54, 1.807) is 6.07 Å². The van der Waals surface area contributed by atoms with Crippen molar-refractivity contribution in [2.75, 3.05) is 29.2 Å². The smallest absolute Gasteiger partial charge is 0.419 e. The van der Waals surface area contributed by atoms with Crippen LogP contribution in [0.25, 0.3) is 21.2 Å². The van der Waals surface area contributed by atoms with Crippen molar-refractivity contribution in [3.05, 3.63) is 100 Å². The van der Waals surface area contributed by atoms with E-state index >= 15 is 0 Å². The second-order valence-corrected chi connectivity index (χ2v) is 15.4. The Labute approximate surface area is 299 Å². The number of thiophene rings is 1. The maximum absolute atomic E-state index is 13.8. The molecule has 53 heavy (non-hydrogen) atoms. The number of benzene rings is 3. The zero-order valence-electron chi connectivity index (χ0n) is 27.0. The minimum Gasteiger partial charge on any atom is -0.496 e. The molecule has 6 rings (SSSR count). The van der Waals surface area contributed by atoms with Crippen molar-refractivity contribution >= 4 is 54.4 Å². The lowest BCUT2D eigenvalue weighted by atomic mass is 10.0. The van der Waals surface area contributed by atoms with E-state index in [4.69, 9.17) is 4.74 Å². The Balaban J connectivity index is 1.31. The van der Waals surface area contributed by atoms with Crippen LogP contribution in [0.5, 0.6) is 5.75 Å². The fraction of sp³-hybridized carbons (Fsp3) is 0.235. The van der Waals surface area contributed by atoms with Crippen LogP contribution in [0, 0.1) is 5.82 Å². The summed E-state index contributed by atoms with van der Waals surface area (Å²) in [6.45, 7) is 0. The average Bonchev–Trinajstić information content (AvgIpc) is 3.58. The molecule has 10 nitrogen and oxygen atoms in total. The van der Waals surface area contributed by atoms with Gasteiger partial charge in [-0.2, -0.15) is 26.3 Å². The van der Waals surface area contributed by atoms with Gasteiger partial charge in [0.05, 0.1) is 47.4 Å². The summed E-state index contributed by atoms with van der Waals surface area (Å²) >= 11 is 0.740. The number of carbonyl (C=O) groups excluding carboxylic acids is 2. The summed E-state index contributed by atoms with van der Waals surface area (Å²) in [5.74, 6) is -4.07. The van der Waals surface area contributed by atoms with Crippen LogP contribution in [0.2, 0.25) is 0 Å². The summed E-state index contributed by atoms with van der Waals surface area (Å²) < 4.78 is 123. The highest BCUT2D eigenvalue weighted by Gasteiger charge is 2.44. The van der Waals surface area contributed by atoms with Gasteiger partial charge in [-0.1, -0.05) is 12.1 Å². The van der Waals surface area contributed by atoms with Gasteiger partial charge in [-0.25, -0.2) is 22.8 Å². The molecular weight excluding hydrogens is 758 g/mol. The summed E-state index contributed by atoms with van der Waals surface area (Å²) in [5.41, 5.74) is -4.14. The van der Waals surface area contributed by atoms with Gasteiger partial charge in [-0.05, 0) is 54.4 Å². The van der Waals surface area contributed by atoms with Gasteiger partial charge in [0, 0.05) is 38.6 Å². The van der Waals surface area contributed by atoms with Gasteiger partial charge in [0.1, 0.15) is 17.2 Å². The summed E-state index contributed by atoms with van der Waals surface area (Å²) in [6, 6.07) is 8.96. The van der Waals surface area contributed by atoms with Crippen molar-refractivity contribution in [1.82, 2.24) is 9.97 Å². The summed E-state index contributed by atoms with van der Waals surface area (Å²) in [4.78, 5) is 35.2. The first-order valence-electron chi connectivity index (χ1n) is 15.3. The summed E-state index contributed by atoms with van der Waals surface area (Å²) in [6.07, 6.45) is -7.81. The molecule has 2 aromatic heterocycles. The molecule has 19 heteroatoms. The highest BCUT2D eigenvalue weighted by molar-refractivity contribution is 7.91. The largest absolute Gasteiger partial charge is 0.496 e. The van der Waals surface area contributed by atoms with E-state index in [0.29, 0.717) is 23.3 Å². The van der Waals surface area contributed by atoms with Crippen molar-refractivity contribution in [2.24, 2.45) is 0 Å². The zero-order chi connectivity index (χ0) is 38.5. The van der Waals surface area contributed by atoms with E-state index in [1.807, 2.05) is 0 Å². The number of sulfone groups is 1. The molecule has 3 aromatic carbocycles. The predicted octanol–water partition coefficient (Wildman–Crippen LogP) is 6.98. The number of methoxy groups -OCH3 is 1. The number of aromatic nitrogens is 2. The van der Waals surface area contributed by atoms with Crippen LogP contribution in [0.3, 0.4) is 0 Å². The van der Waals surface area contributed by atoms with Crippen molar-refractivity contribution in [1.29, 1.82) is 0 Å². The molecule has 1 aliphatic heterocycles. The van der Waals surface area contributed by atoms with Crippen LogP contribution in [-0.2, 0) is 39.0 Å². The number of amides is 2. The SMILES string of the molecule is COc1ccc(-c2cnc(C3(O)CCS(=O)(=O)C3)nc2)cc1C(=O)Nc1c(CC(=O)Nc2ccc(F)c(C(F)(F)F)c2)sc2cc(C(F)(F)F)ccc12. The highest BCUT2D eigenvalue weighted by Crippen LogP contribution is 2.41. The molecule has 0 aliphatic carbocycles. The molecule has 5 aromatic rings. The molecule has 3 heterocycles. The number of anilines is 2. The van der Waals surface area contributed by atoms with Gasteiger partial charge in [-0.15, -0.1) is 11.3 Å². The van der Waals surface area contributed by atoms with Gasteiger partial charge < -0.3 is 20.5 Å². The van der Waals surface area contributed by atoms with E-state index < -0.39 is 74.4 Å². The van der Waals surface area contributed by atoms with Crippen LogP contribution >= 0.6 is 11.3 Å². The Bertz CT molecular complexity index is 2360. The molecule has 0 saturated carbocycles. The van der Waals surface area contributed by atoms with Crippen molar-refractivity contribution in [3.63, 3.8) is 0 Å². The lowest BCUT2D eigenvalue weighted by Gasteiger charge is -2.18. The Morgan fingerprint density at radius 3 is 2.28 bits per heavy atom. The molecule has 1 aliphatic rings. The lowest BCUT2D eigenvalue weighted by molar-refractivity contribution is -0.140. The third kappa shape index (κ3) is 7.96. The van der Waals surface area contributed by atoms with E-state index in [2.05, 4.69) is 20.6 Å². The minimum atomic E-state index is -5.05. The third-order valence-electron chi connectivity index (χ3n) is 8.34. The molecule has 0 radical (unpaired) electrons. The van der Waals surface area contributed by atoms with Crippen LogP contribution < -0.4 is 15.4 Å². The summed E-state index contributed by atoms with van der Waals surface area (Å²) in [5, 5.41) is 15.8. The topological polar surface area (TPSA) is 148 Å². The van der Waals surface area contributed by atoms with Crippen LogP contribution in [0.4, 0.5) is 42.1 Å². The number of hydrogen-bond donors (Lipinski definition) is 3. The molecule has 0 bridgehead atoms. The molecule has 3 N–H and O–H groups in total. The lowest BCUT2D eigenvalue weighted by Crippen LogP contribution is -2.29. The first-order valence-corrected chi connectivity index (χ1v) is 17.9. The predicted molar refractivity (Wildman–Crippen MR) is 180 cm³/mol. The van der Waals surface area contributed by atoms with E-state index in [-0.39, 0.29) is 50.0 Å². The number of rotatable bonds is 8. The molecule has 1 saturated heterocycles. The highest BCUT2D eigenvalue weighted by atomic mass is 32.2. The monoisotopic (exact) mass is 782 g/mol. The number of halogens is 7. The molecule has 1 unspecified atom stereocenters. The summed E-state index contributed by atoms with van der Waals surface area (Å²) in [7, 11) is -2.19.